The first kappa shape index (κ1) is 13.5. The van der Waals surface area contributed by atoms with Crippen LogP contribution in [-0.2, 0) is 11.8 Å². The Kier molecular flexibility index (Phi) is 4.51. The van der Waals surface area contributed by atoms with Gasteiger partial charge in [-0.25, -0.2) is 4.79 Å². The fraction of sp³-hybridized carbons (Fsp3) is 0.636. The van der Waals surface area contributed by atoms with Crippen LogP contribution in [0.1, 0.15) is 29.9 Å². The van der Waals surface area contributed by atoms with Gasteiger partial charge in [0.25, 0.3) is 0 Å². The zero-order valence-corrected chi connectivity index (χ0v) is 10.8. The van der Waals surface area contributed by atoms with Gasteiger partial charge in [0.15, 0.2) is 0 Å². The van der Waals surface area contributed by atoms with Gasteiger partial charge in [0.2, 0.25) is 0 Å². The summed E-state index contributed by atoms with van der Waals surface area (Å²) in [5, 5.41) is 7.62. The predicted molar refractivity (Wildman–Crippen MR) is 64.6 cm³/mol. The first-order valence-corrected chi connectivity index (χ1v) is 5.59. The SMILES string of the molecule is Cc1nn(C)c(C)c1C(C)NCCOC(N)=O. The average molecular weight is 240 g/mol. The van der Waals surface area contributed by atoms with E-state index in [2.05, 4.69) is 22.1 Å². The van der Waals surface area contributed by atoms with E-state index in [4.69, 9.17) is 5.73 Å². The molecule has 0 aliphatic carbocycles. The molecular formula is C11H20N4O2. The molecule has 17 heavy (non-hydrogen) atoms. The number of nitrogens with two attached hydrogens (primary N) is 1. The third-order valence-electron chi connectivity index (χ3n) is 2.79. The minimum atomic E-state index is -0.742. The molecule has 1 atom stereocenters. The number of amides is 1. The third-order valence-corrected chi connectivity index (χ3v) is 2.79. The van der Waals surface area contributed by atoms with Gasteiger partial charge >= 0.3 is 6.09 Å². The highest BCUT2D eigenvalue weighted by molar-refractivity contribution is 5.64. The van der Waals surface area contributed by atoms with E-state index in [9.17, 15) is 4.79 Å². The molecular weight excluding hydrogens is 220 g/mol. The van der Waals surface area contributed by atoms with E-state index < -0.39 is 6.09 Å². The number of rotatable bonds is 5. The standard InChI is InChI=1S/C11H20N4O2/c1-7(13-5-6-17-11(12)16)10-8(2)14-15(4)9(10)3/h7,13H,5-6H2,1-4H3,(H2,12,16). The lowest BCUT2D eigenvalue weighted by Gasteiger charge is -2.14. The van der Waals surface area contributed by atoms with Crippen molar-refractivity contribution in [1.29, 1.82) is 0 Å². The molecule has 1 heterocycles. The quantitative estimate of drug-likeness (QED) is 0.745. The molecule has 1 aromatic rings. The Morgan fingerprint density at radius 1 is 1.59 bits per heavy atom. The second-order valence-electron chi connectivity index (χ2n) is 4.05. The molecule has 1 rings (SSSR count). The van der Waals surface area contributed by atoms with Crippen LogP contribution in [-0.4, -0.2) is 29.0 Å². The van der Waals surface area contributed by atoms with Crippen molar-refractivity contribution in [3.05, 3.63) is 17.0 Å². The Labute approximate surface area is 101 Å². The van der Waals surface area contributed by atoms with Gasteiger partial charge < -0.3 is 15.8 Å². The molecule has 0 saturated heterocycles. The van der Waals surface area contributed by atoms with Crippen LogP contribution < -0.4 is 11.1 Å². The smallest absolute Gasteiger partial charge is 0.404 e. The van der Waals surface area contributed by atoms with E-state index in [0.29, 0.717) is 6.54 Å². The number of hydrogen-bond donors (Lipinski definition) is 2. The van der Waals surface area contributed by atoms with Crippen molar-refractivity contribution in [2.75, 3.05) is 13.2 Å². The van der Waals surface area contributed by atoms with Crippen molar-refractivity contribution in [3.63, 3.8) is 0 Å². The number of aromatic nitrogens is 2. The summed E-state index contributed by atoms with van der Waals surface area (Å²) < 4.78 is 6.51. The molecule has 3 N–H and O–H groups in total. The van der Waals surface area contributed by atoms with Crippen LogP contribution in [0, 0.1) is 13.8 Å². The molecule has 0 saturated carbocycles. The summed E-state index contributed by atoms with van der Waals surface area (Å²) in [6, 6.07) is 0.167. The number of carbonyl (C=O) groups excluding carboxylic acids is 1. The largest absolute Gasteiger partial charge is 0.448 e. The monoisotopic (exact) mass is 240 g/mol. The third kappa shape index (κ3) is 3.45. The van der Waals surface area contributed by atoms with Crippen molar-refractivity contribution in [3.8, 4) is 0 Å². The molecule has 0 aliphatic heterocycles. The van der Waals surface area contributed by atoms with Gasteiger partial charge in [0.05, 0.1) is 5.69 Å². The highest BCUT2D eigenvalue weighted by Crippen LogP contribution is 2.20. The number of primary amides is 1. The summed E-state index contributed by atoms with van der Waals surface area (Å²) in [6.07, 6.45) is -0.742. The molecule has 0 aliphatic rings. The molecule has 1 amide bonds. The Bertz CT molecular complexity index is 400. The summed E-state index contributed by atoms with van der Waals surface area (Å²) >= 11 is 0. The number of aryl methyl sites for hydroxylation is 2. The van der Waals surface area contributed by atoms with E-state index in [1.807, 2.05) is 25.6 Å². The van der Waals surface area contributed by atoms with E-state index in [1.54, 1.807) is 0 Å². The fourth-order valence-corrected chi connectivity index (χ4v) is 1.95. The maximum Gasteiger partial charge on any atom is 0.404 e. The lowest BCUT2D eigenvalue weighted by molar-refractivity contribution is 0.156. The number of hydrogen-bond acceptors (Lipinski definition) is 4. The van der Waals surface area contributed by atoms with Crippen LogP contribution in [0.15, 0.2) is 0 Å². The van der Waals surface area contributed by atoms with Crippen LogP contribution in [0.25, 0.3) is 0 Å². The maximum atomic E-state index is 10.4. The molecule has 96 valence electrons. The van der Waals surface area contributed by atoms with Crippen LogP contribution in [0.3, 0.4) is 0 Å². The topological polar surface area (TPSA) is 82.2 Å². The Morgan fingerprint density at radius 3 is 2.71 bits per heavy atom. The van der Waals surface area contributed by atoms with Gasteiger partial charge in [-0.1, -0.05) is 0 Å². The first-order chi connectivity index (χ1) is 7.93. The van der Waals surface area contributed by atoms with E-state index in [-0.39, 0.29) is 12.6 Å². The van der Waals surface area contributed by atoms with E-state index >= 15 is 0 Å². The van der Waals surface area contributed by atoms with Crippen LogP contribution in [0.2, 0.25) is 0 Å². The Balaban J connectivity index is 2.52. The van der Waals surface area contributed by atoms with Crippen LogP contribution in [0.5, 0.6) is 0 Å². The Hall–Kier alpha value is -1.56. The van der Waals surface area contributed by atoms with Gasteiger partial charge in [-0.3, -0.25) is 4.68 Å². The minimum absolute atomic E-state index is 0.167. The summed E-state index contributed by atoms with van der Waals surface area (Å²) in [5.41, 5.74) is 8.21. The van der Waals surface area contributed by atoms with E-state index in [0.717, 1.165) is 11.4 Å². The number of ether oxygens (including phenoxy) is 1. The highest BCUT2D eigenvalue weighted by atomic mass is 16.5. The minimum Gasteiger partial charge on any atom is -0.448 e. The molecule has 6 heteroatoms. The summed E-state index contributed by atoms with van der Waals surface area (Å²) in [4.78, 5) is 10.4. The van der Waals surface area contributed by atoms with E-state index in [1.165, 1.54) is 5.56 Å². The summed E-state index contributed by atoms with van der Waals surface area (Å²) in [5.74, 6) is 0. The van der Waals surface area contributed by atoms with Crippen molar-refractivity contribution in [1.82, 2.24) is 15.1 Å². The zero-order valence-electron chi connectivity index (χ0n) is 10.8. The summed E-state index contributed by atoms with van der Waals surface area (Å²) in [7, 11) is 1.93. The second-order valence-corrected chi connectivity index (χ2v) is 4.05. The van der Waals surface area contributed by atoms with Gasteiger partial charge in [-0.05, 0) is 20.8 Å². The molecule has 0 radical (unpaired) electrons. The number of carbonyl (C=O) groups is 1. The molecule has 0 aromatic carbocycles. The van der Waals surface area contributed by atoms with Gasteiger partial charge in [0.1, 0.15) is 6.61 Å². The fourth-order valence-electron chi connectivity index (χ4n) is 1.95. The van der Waals surface area contributed by atoms with Gasteiger partial charge in [-0.15, -0.1) is 0 Å². The highest BCUT2D eigenvalue weighted by Gasteiger charge is 2.15. The average Bonchev–Trinajstić information content (AvgIpc) is 2.48. The molecule has 0 bridgehead atoms. The lowest BCUT2D eigenvalue weighted by Crippen LogP contribution is -2.26. The van der Waals surface area contributed by atoms with Crippen molar-refractivity contribution in [2.24, 2.45) is 12.8 Å². The summed E-state index contributed by atoms with van der Waals surface area (Å²) in [6.45, 7) is 6.92. The number of nitrogens with one attached hydrogen (secondary N) is 1. The molecule has 6 nitrogen and oxygen atoms in total. The zero-order chi connectivity index (χ0) is 13.0. The maximum absolute atomic E-state index is 10.4. The van der Waals surface area contributed by atoms with Gasteiger partial charge in [-0.2, -0.15) is 5.10 Å². The Morgan fingerprint density at radius 2 is 2.24 bits per heavy atom. The normalized spacial score (nSPS) is 12.5. The molecule has 0 fully saturated rings. The first-order valence-electron chi connectivity index (χ1n) is 5.59. The predicted octanol–water partition coefficient (Wildman–Crippen LogP) is 0.783. The van der Waals surface area contributed by atoms with Crippen LogP contribution >= 0.6 is 0 Å². The van der Waals surface area contributed by atoms with Crippen molar-refractivity contribution in [2.45, 2.75) is 26.8 Å². The lowest BCUT2D eigenvalue weighted by atomic mass is 10.1. The van der Waals surface area contributed by atoms with Crippen molar-refractivity contribution < 1.29 is 9.53 Å². The molecule has 1 unspecified atom stereocenters. The van der Waals surface area contributed by atoms with Crippen molar-refractivity contribution >= 4 is 6.09 Å². The molecule has 1 aromatic heterocycles. The number of nitrogens with zero attached hydrogens (tertiary/aromatic N) is 2. The van der Waals surface area contributed by atoms with Gasteiger partial charge in [0, 0.05) is 30.9 Å². The van der Waals surface area contributed by atoms with Crippen LogP contribution in [0.4, 0.5) is 4.79 Å². The second kappa shape index (κ2) is 5.67. The molecule has 0 spiro atoms.